The minimum Gasteiger partial charge on any atom is -0.326 e. The van der Waals surface area contributed by atoms with Gasteiger partial charge < -0.3 is 10.2 Å². The fourth-order valence-corrected chi connectivity index (χ4v) is 6.37. The molecule has 0 aliphatic carbocycles. The SMILES string of the molecule is Cc1csc(Sc2ccc(NC(=O)CCN3C(=O)c4ccccc4N4C(=O)CCC34C)cc2)n1. The topological polar surface area (TPSA) is 82.6 Å². The molecule has 3 heterocycles. The second-order valence-corrected chi connectivity index (χ2v) is 10.8. The molecule has 2 aliphatic rings. The number of thiazole rings is 1. The Kier molecular flexibility index (Phi) is 5.91. The Bertz CT molecular complexity index is 1270. The lowest BCUT2D eigenvalue weighted by atomic mass is 9.98. The van der Waals surface area contributed by atoms with E-state index in [2.05, 4.69) is 10.3 Å². The number of carbonyl (C=O) groups is 3. The van der Waals surface area contributed by atoms with Gasteiger partial charge in [0.2, 0.25) is 11.8 Å². The average Bonchev–Trinajstić information content (AvgIpc) is 3.37. The lowest BCUT2D eigenvalue weighted by Gasteiger charge is -2.48. The highest BCUT2D eigenvalue weighted by Crippen LogP contribution is 2.44. The van der Waals surface area contributed by atoms with E-state index in [1.165, 1.54) is 0 Å². The van der Waals surface area contributed by atoms with Gasteiger partial charge in [-0.05, 0) is 56.7 Å². The molecule has 1 saturated heterocycles. The molecule has 9 heteroatoms. The maximum Gasteiger partial charge on any atom is 0.257 e. The van der Waals surface area contributed by atoms with Crippen molar-refractivity contribution in [3.63, 3.8) is 0 Å². The number of nitrogens with one attached hydrogen (secondary N) is 1. The first kappa shape index (κ1) is 22.6. The number of fused-ring (bicyclic) bond motifs is 3. The number of hydrogen-bond acceptors (Lipinski definition) is 6. The highest BCUT2D eigenvalue weighted by atomic mass is 32.2. The van der Waals surface area contributed by atoms with Crippen molar-refractivity contribution in [2.24, 2.45) is 0 Å². The molecule has 2 aliphatic heterocycles. The molecule has 7 nitrogen and oxygen atoms in total. The maximum absolute atomic E-state index is 13.3. The summed E-state index contributed by atoms with van der Waals surface area (Å²) in [6.45, 7) is 4.11. The van der Waals surface area contributed by atoms with Gasteiger partial charge in [-0.3, -0.25) is 19.3 Å². The standard InChI is InChI=1S/C25H24N4O3S2/c1-16-15-33-24(26-16)34-18-9-7-17(8-10-18)27-21(30)12-14-28-23(32)19-5-3-4-6-20(19)29-22(31)11-13-25(28,29)2/h3-10,15H,11-14H2,1-2H3,(H,27,30). The molecule has 0 bridgehead atoms. The Morgan fingerprint density at radius 2 is 1.94 bits per heavy atom. The molecule has 34 heavy (non-hydrogen) atoms. The van der Waals surface area contributed by atoms with Crippen LogP contribution in [0.3, 0.4) is 0 Å². The summed E-state index contributed by atoms with van der Waals surface area (Å²) in [7, 11) is 0. The van der Waals surface area contributed by atoms with Crippen LogP contribution in [0.1, 0.15) is 42.2 Å². The van der Waals surface area contributed by atoms with Gasteiger partial charge >= 0.3 is 0 Å². The molecule has 1 unspecified atom stereocenters. The molecular weight excluding hydrogens is 468 g/mol. The van der Waals surface area contributed by atoms with Crippen molar-refractivity contribution in [3.05, 3.63) is 65.2 Å². The van der Waals surface area contributed by atoms with Crippen LogP contribution < -0.4 is 10.2 Å². The smallest absolute Gasteiger partial charge is 0.257 e. The first-order chi connectivity index (χ1) is 16.3. The van der Waals surface area contributed by atoms with E-state index in [0.29, 0.717) is 29.8 Å². The van der Waals surface area contributed by atoms with Crippen LogP contribution in [0, 0.1) is 6.92 Å². The number of para-hydroxylation sites is 1. The van der Waals surface area contributed by atoms with Gasteiger partial charge in [0.05, 0.1) is 11.3 Å². The minimum atomic E-state index is -0.754. The van der Waals surface area contributed by atoms with Gasteiger partial charge in [0, 0.05) is 41.0 Å². The van der Waals surface area contributed by atoms with Gasteiger partial charge in [0.1, 0.15) is 5.66 Å². The third kappa shape index (κ3) is 4.10. The predicted octanol–water partition coefficient (Wildman–Crippen LogP) is 4.93. The summed E-state index contributed by atoms with van der Waals surface area (Å²) in [5.74, 6) is -0.319. The molecule has 2 aromatic carbocycles. The van der Waals surface area contributed by atoms with Crippen molar-refractivity contribution in [1.82, 2.24) is 9.88 Å². The second-order valence-electron chi connectivity index (χ2n) is 8.60. The van der Waals surface area contributed by atoms with Crippen molar-refractivity contribution in [2.45, 2.75) is 48.0 Å². The van der Waals surface area contributed by atoms with Gasteiger partial charge in [-0.15, -0.1) is 11.3 Å². The molecule has 1 atom stereocenters. The Morgan fingerprint density at radius 1 is 1.18 bits per heavy atom. The molecule has 5 rings (SSSR count). The molecule has 1 fully saturated rings. The second kappa shape index (κ2) is 8.88. The molecule has 0 spiro atoms. The number of amides is 3. The van der Waals surface area contributed by atoms with Crippen molar-refractivity contribution < 1.29 is 14.4 Å². The summed E-state index contributed by atoms with van der Waals surface area (Å²) in [5, 5.41) is 4.93. The van der Waals surface area contributed by atoms with Crippen LogP contribution in [0.2, 0.25) is 0 Å². The van der Waals surface area contributed by atoms with E-state index in [4.69, 9.17) is 0 Å². The first-order valence-electron chi connectivity index (χ1n) is 11.1. The van der Waals surface area contributed by atoms with Crippen molar-refractivity contribution in [2.75, 3.05) is 16.8 Å². The minimum absolute atomic E-state index is 0.00256. The number of anilines is 2. The van der Waals surface area contributed by atoms with E-state index in [-0.39, 0.29) is 30.7 Å². The van der Waals surface area contributed by atoms with Gasteiger partial charge in [0.25, 0.3) is 5.91 Å². The first-order valence-corrected chi connectivity index (χ1v) is 12.8. The number of aryl methyl sites for hydroxylation is 1. The van der Waals surface area contributed by atoms with Crippen LogP contribution in [0.5, 0.6) is 0 Å². The zero-order valence-corrected chi connectivity index (χ0v) is 20.5. The average molecular weight is 493 g/mol. The number of rotatable bonds is 6. The molecule has 0 radical (unpaired) electrons. The zero-order chi connectivity index (χ0) is 23.9. The third-order valence-corrected chi connectivity index (χ3v) is 8.31. The van der Waals surface area contributed by atoms with Crippen molar-refractivity contribution in [3.8, 4) is 0 Å². The maximum atomic E-state index is 13.3. The lowest BCUT2D eigenvalue weighted by molar-refractivity contribution is -0.117. The molecular formula is C25H24N4O3S2. The Balaban J connectivity index is 1.24. The third-order valence-electron chi connectivity index (χ3n) is 6.25. The van der Waals surface area contributed by atoms with Gasteiger partial charge in [-0.25, -0.2) is 4.98 Å². The molecule has 0 saturated carbocycles. The summed E-state index contributed by atoms with van der Waals surface area (Å²) in [5.41, 5.74) is 2.11. The molecule has 174 valence electrons. The zero-order valence-electron chi connectivity index (χ0n) is 18.9. The molecule has 3 amide bonds. The van der Waals surface area contributed by atoms with E-state index in [9.17, 15) is 14.4 Å². The number of aromatic nitrogens is 1. The summed E-state index contributed by atoms with van der Waals surface area (Å²) >= 11 is 3.19. The summed E-state index contributed by atoms with van der Waals surface area (Å²) in [6, 6.07) is 14.8. The quantitative estimate of drug-likeness (QED) is 0.528. The molecule has 1 aromatic heterocycles. The van der Waals surface area contributed by atoms with Crippen LogP contribution in [0.15, 0.2) is 63.1 Å². The van der Waals surface area contributed by atoms with Crippen LogP contribution >= 0.6 is 23.1 Å². The number of benzene rings is 2. The number of carbonyl (C=O) groups excluding carboxylic acids is 3. The van der Waals surface area contributed by atoms with Gasteiger partial charge in [0.15, 0.2) is 4.34 Å². The highest BCUT2D eigenvalue weighted by molar-refractivity contribution is 8.01. The van der Waals surface area contributed by atoms with E-state index in [0.717, 1.165) is 14.9 Å². The van der Waals surface area contributed by atoms with E-state index in [1.54, 1.807) is 45.0 Å². The molecule has 3 aromatic rings. The predicted molar refractivity (Wildman–Crippen MR) is 133 cm³/mol. The fraction of sp³-hybridized carbons (Fsp3) is 0.280. The Morgan fingerprint density at radius 3 is 2.68 bits per heavy atom. The van der Waals surface area contributed by atoms with Crippen molar-refractivity contribution in [1.29, 1.82) is 0 Å². The van der Waals surface area contributed by atoms with Crippen molar-refractivity contribution >= 4 is 52.2 Å². The number of nitrogens with zero attached hydrogens (tertiary/aromatic N) is 3. The molecule has 1 N–H and O–H groups in total. The summed E-state index contributed by atoms with van der Waals surface area (Å²) in [6.07, 6.45) is 1.07. The number of hydrogen-bond donors (Lipinski definition) is 1. The largest absolute Gasteiger partial charge is 0.326 e. The summed E-state index contributed by atoms with van der Waals surface area (Å²) in [4.78, 5) is 47.5. The lowest BCUT2D eigenvalue weighted by Crippen LogP contribution is -2.62. The fourth-order valence-electron chi connectivity index (χ4n) is 4.56. The van der Waals surface area contributed by atoms with E-state index in [1.807, 2.05) is 55.6 Å². The normalized spacial score (nSPS) is 19.2. The van der Waals surface area contributed by atoms with Crippen LogP contribution in [-0.2, 0) is 9.59 Å². The summed E-state index contributed by atoms with van der Waals surface area (Å²) < 4.78 is 0.981. The Hall–Kier alpha value is -3.17. The monoisotopic (exact) mass is 492 g/mol. The Labute approximate surface area is 206 Å². The highest BCUT2D eigenvalue weighted by Gasteiger charge is 2.52. The van der Waals surface area contributed by atoms with Crippen LogP contribution in [-0.4, -0.2) is 39.8 Å². The van der Waals surface area contributed by atoms with Gasteiger partial charge in [-0.2, -0.15) is 0 Å². The van der Waals surface area contributed by atoms with Crippen LogP contribution in [0.4, 0.5) is 11.4 Å². The van der Waals surface area contributed by atoms with E-state index < -0.39 is 5.66 Å². The van der Waals surface area contributed by atoms with Crippen LogP contribution in [0.25, 0.3) is 0 Å². The van der Waals surface area contributed by atoms with Gasteiger partial charge in [-0.1, -0.05) is 23.9 Å². The van der Waals surface area contributed by atoms with E-state index >= 15 is 0 Å².